The van der Waals surface area contributed by atoms with E-state index in [9.17, 15) is 32.1 Å². The molecule has 0 spiro atoms. The van der Waals surface area contributed by atoms with Gasteiger partial charge in [0.1, 0.15) is 0 Å². The molecule has 0 saturated heterocycles. The molecule has 0 N–H and O–H groups in total. The fourth-order valence-electron chi connectivity index (χ4n) is 1.04. The second-order valence-electron chi connectivity index (χ2n) is 2.79. The predicted molar refractivity (Wildman–Crippen MR) is 55.2 cm³/mol. The lowest BCUT2D eigenvalue weighted by molar-refractivity contribution is -0.391. The molecule has 1 rings (SSSR count). The number of aromatic nitrogens is 1. The van der Waals surface area contributed by atoms with Crippen LogP contribution in [-0.4, -0.2) is 16.3 Å². The van der Waals surface area contributed by atoms with E-state index in [1.54, 1.807) is 0 Å². The quantitative estimate of drug-likeness (QED) is 0.263. The summed E-state index contributed by atoms with van der Waals surface area (Å²) in [5.74, 6) is -2.69. The molecular formula is C7H2F5IN2O3. The van der Waals surface area contributed by atoms with E-state index >= 15 is 0 Å². The molecule has 5 nitrogen and oxygen atoms in total. The molecule has 0 aromatic carbocycles. The van der Waals surface area contributed by atoms with Crippen LogP contribution in [0.4, 0.5) is 27.8 Å². The molecule has 100 valence electrons. The number of nitro groups is 1. The normalized spacial score (nSPS) is 11.7. The fraction of sp³-hybridized carbons (Fsp3) is 0.286. The third kappa shape index (κ3) is 3.61. The summed E-state index contributed by atoms with van der Waals surface area (Å²) >= 11 is 1.35. The molecule has 0 fully saturated rings. The molecule has 1 heterocycles. The summed E-state index contributed by atoms with van der Waals surface area (Å²) in [6.07, 6.45) is -8.76. The molecule has 0 radical (unpaired) electrons. The first kappa shape index (κ1) is 14.8. The number of rotatable bonds is 3. The van der Waals surface area contributed by atoms with Crippen LogP contribution in [0.25, 0.3) is 0 Å². The Morgan fingerprint density at radius 2 is 2.00 bits per heavy atom. The highest BCUT2D eigenvalue weighted by atomic mass is 127. The van der Waals surface area contributed by atoms with E-state index in [1.165, 1.54) is 22.6 Å². The van der Waals surface area contributed by atoms with Gasteiger partial charge in [-0.25, -0.2) is 8.78 Å². The number of alkyl halides is 5. The highest BCUT2D eigenvalue weighted by Crippen LogP contribution is 2.38. The number of ether oxygens (including phenoxy) is 1. The molecule has 0 amide bonds. The third-order valence-corrected chi connectivity index (χ3v) is 2.14. The molecule has 0 saturated carbocycles. The van der Waals surface area contributed by atoms with Gasteiger partial charge in [0, 0.05) is 28.7 Å². The average molecular weight is 384 g/mol. The maximum absolute atomic E-state index is 12.6. The minimum atomic E-state index is -5.23. The number of hydrogen-bond acceptors (Lipinski definition) is 4. The molecule has 1 aromatic heterocycles. The molecule has 11 heteroatoms. The number of pyridine rings is 1. The Hall–Kier alpha value is -1.27. The summed E-state index contributed by atoms with van der Waals surface area (Å²) in [6, 6.07) is 0.544. The Bertz CT molecular complexity index is 479. The van der Waals surface area contributed by atoms with E-state index in [4.69, 9.17) is 0 Å². The van der Waals surface area contributed by atoms with E-state index in [0.717, 1.165) is 0 Å². The van der Waals surface area contributed by atoms with Crippen LogP contribution in [0, 0.1) is 13.8 Å². The Kier molecular flexibility index (Phi) is 4.24. The van der Waals surface area contributed by atoms with Gasteiger partial charge in [0.25, 0.3) is 6.43 Å². The lowest BCUT2D eigenvalue weighted by Gasteiger charge is -2.12. The molecular weight excluding hydrogens is 382 g/mol. The largest absolute Gasteiger partial charge is 0.573 e. The minimum Gasteiger partial charge on any atom is -0.405 e. The van der Waals surface area contributed by atoms with Crippen LogP contribution in [0.15, 0.2) is 6.07 Å². The standard InChI is InChI=1S/C7H2F5IN2O3/c8-5(9)4-2(18-7(10,11)12)1-3(13)14-6(4)15(16)17/h1,5H. The lowest BCUT2D eigenvalue weighted by atomic mass is 10.2. The van der Waals surface area contributed by atoms with Gasteiger partial charge in [0.2, 0.25) is 3.70 Å². The second kappa shape index (κ2) is 5.16. The summed E-state index contributed by atoms with van der Waals surface area (Å²) in [6.45, 7) is 0. The molecule has 0 unspecified atom stereocenters. The van der Waals surface area contributed by atoms with Crippen molar-refractivity contribution in [1.82, 2.24) is 4.98 Å². The van der Waals surface area contributed by atoms with Crippen LogP contribution in [0.1, 0.15) is 12.0 Å². The second-order valence-corrected chi connectivity index (χ2v) is 3.89. The molecule has 1 aromatic rings. The predicted octanol–water partition coefficient (Wildman–Crippen LogP) is 3.43. The summed E-state index contributed by atoms with van der Waals surface area (Å²) < 4.78 is 64.2. The van der Waals surface area contributed by atoms with E-state index in [2.05, 4.69) is 9.72 Å². The Morgan fingerprint density at radius 1 is 1.44 bits per heavy atom. The first-order valence-corrected chi connectivity index (χ1v) is 5.08. The number of halogens is 6. The van der Waals surface area contributed by atoms with Crippen molar-refractivity contribution in [3.05, 3.63) is 25.4 Å². The van der Waals surface area contributed by atoms with Gasteiger partial charge in [-0.1, -0.05) is 0 Å². The number of hydrogen-bond donors (Lipinski definition) is 0. The van der Waals surface area contributed by atoms with Gasteiger partial charge in [-0.2, -0.15) is 0 Å². The van der Waals surface area contributed by atoms with Crippen molar-refractivity contribution in [2.45, 2.75) is 12.8 Å². The summed E-state index contributed by atoms with van der Waals surface area (Å²) in [4.78, 5) is 12.3. The zero-order chi connectivity index (χ0) is 14.1. The van der Waals surface area contributed by atoms with E-state index in [-0.39, 0.29) is 3.70 Å². The van der Waals surface area contributed by atoms with Crippen molar-refractivity contribution < 1.29 is 31.6 Å². The fourth-order valence-corrected chi connectivity index (χ4v) is 1.55. The van der Waals surface area contributed by atoms with Gasteiger partial charge in [0.15, 0.2) is 11.3 Å². The monoisotopic (exact) mass is 384 g/mol. The number of nitrogens with zero attached hydrogens (tertiary/aromatic N) is 2. The SMILES string of the molecule is O=[N+]([O-])c1nc(I)cc(OC(F)(F)F)c1C(F)F. The van der Waals surface area contributed by atoms with Crippen molar-refractivity contribution in [3.8, 4) is 5.75 Å². The summed E-state index contributed by atoms with van der Waals surface area (Å²) in [7, 11) is 0. The Morgan fingerprint density at radius 3 is 2.39 bits per heavy atom. The van der Waals surface area contributed by atoms with Crippen molar-refractivity contribution >= 4 is 28.4 Å². The molecule has 0 aliphatic carbocycles. The van der Waals surface area contributed by atoms with E-state index in [1.807, 2.05) is 0 Å². The lowest BCUT2D eigenvalue weighted by Crippen LogP contribution is -2.19. The topological polar surface area (TPSA) is 65.3 Å². The van der Waals surface area contributed by atoms with Crippen LogP contribution in [0.5, 0.6) is 5.75 Å². The minimum absolute atomic E-state index is 0.275. The molecule has 0 aliphatic rings. The highest BCUT2D eigenvalue weighted by Gasteiger charge is 2.37. The van der Waals surface area contributed by atoms with Crippen molar-refractivity contribution in [1.29, 1.82) is 0 Å². The van der Waals surface area contributed by atoms with Gasteiger partial charge < -0.3 is 14.9 Å². The molecule has 0 aliphatic heterocycles. The summed E-state index contributed by atoms with van der Waals surface area (Å²) in [5.41, 5.74) is -1.50. The molecule has 0 bridgehead atoms. The highest BCUT2D eigenvalue weighted by molar-refractivity contribution is 14.1. The van der Waals surface area contributed by atoms with Crippen LogP contribution >= 0.6 is 22.6 Å². The van der Waals surface area contributed by atoms with Crippen molar-refractivity contribution in [3.63, 3.8) is 0 Å². The van der Waals surface area contributed by atoms with Gasteiger partial charge in [-0.3, -0.25) is 0 Å². The van der Waals surface area contributed by atoms with Crippen LogP contribution < -0.4 is 4.74 Å². The van der Waals surface area contributed by atoms with Gasteiger partial charge >= 0.3 is 12.2 Å². The van der Waals surface area contributed by atoms with Gasteiger partial charge in [-0.05, 0) is 9.91 Å². The first-order chi connectivity index (χ1) is 8.11. The zero-order valence-corrected chi connectivity index (χ0v) is 10.2. The average Bonchev–Trinajstić information content (AvgIpc) is 2.12. The van der Waals surface area contributed by atoms with Crippen LogP contribution in [0.3, 0.4) is 0 Å². The molecule has 0 atom stereocenters. The Labute approximate surface area is 109 Å². The van der Waals surface area contributed by atoms with Crippen LogP contribution in [-0.2, 0) is 0 Å². The van der Waals surface area contributed by atoms with E-state index in [0.29, 0.717) is 6.07 Å². The van der Waals surface area contributed by atoms with E-state index < -0.39 is 34.8 Å². The summed E-state index contributed by atoms with van der Waals surface area (Å²) in [5, 5.41) is 10.5. The third-order valence-electron chi connectivity index (χ3n) is 1.59. The van der Waals surface area contributed by atoms with Crippen LogP contribution in [0.2, 0.25) is 0 Å². The first-order valence-electron chi connectivity index (χ1n) is 4.00. The maximum atomic E-state index is 12.6. The van der Waals surface area contributed by atoms with Crippen molar-refractivity contribution in [2.75, 3.05) is 0 Å². The Balaban J connectivity index is 3.44. The maximum Gasteiger partial charge on any atom is 0.573 e. The van der Waals surface area contributed by atoms with Crippen molar-refractivity contribution in [2.24, 2.45) is 0 Å². The van der Waals surface area contributed by atoms with Gasteiger partial charge in [-0.15, -0.1) is 13.2 Å². The van der Waals surface area contributed by atoms with Gasteiger partial charge in [0.05, 0.1) is 0 Å². The molecule has 18 heavy (non-hydrogen) atoms. The zero-order valence-electron chi connectivity index (χ0n) is 8.04. The smallest absolute Gasteiger partial charge is 0.405 e.